The summed E-state index contributed by atoms with van der Waals surface area (Å²) < 4.78 is 31.7. The molecule has 19 heavy (non-hydrogen) atoms. The number of nitrogens with one attached hydrogen (secondary N) is 1. The van der Waals surface area contributed by atoms with Gasteiger partial charge in [0.1, 0.15) is 18.2 Å². The second-order valence-electron chi connectivity index (χ2n) is 3.94. The van der Waals surface area contributed by atoms with Gasteiger partial charge in [-0.1, -0.05) is 12.1 Å². The van der Waals surface area contributed by atoms with E-state index in [4.69, 9.17) is 15.9 Å². The van der Waals surface area contributed by atoms with Crippen molar-refractivity contribution in [3.63, 3.8) is 0 Å². The number of benzene rings is 2. The third-order valence-electron chi connectivity index (χ3n) is 2.59. The zero-order valence-electron chi connectivity index (χ0n) is 9.99. The van der Waals surface area contributed by atoms with Crippen LogP contribution in [0, 0.1) is 17.0 Å². The minimum Gasteiger partial charge on any atom is -0.489 e. The van der Waals surface area contributed by atoms with Gasteiger partial charge in [-0.3, -0.25) is 5.41 Å². The molecule has 98 valence electrons. The molecule has 0 aromatic heterocycles. The number of hydrogen-bond acceptors (Lipinski definition) is 2. The van der Waals surface area contributed by atoms with Crippen LogP contribution in [0.25, 0.3) is 0 Å². The topological polar surface area (TPSA) is 59.1 Å². The summed E-state index contributed by atoms with van der Waals surface area (Å²) in [6.07, 6.45) is 0. The molecule has 0 aliphatic carbocycles. The maximum atomic E-state index is 13.4. The molecule has 0 unspecified atom stereocenters. The van der Waals surface area contributed by atoms with Gasteiger partial charge in [-0.05, 0) is 30.3 Å². The van der Waals surface area contributed by atoms with E-state index in [2.05, 4.69) is 0 Å². The van der Waals surface area contributed by atoms with Gasteiger partial charge in [-0.25, -0.2) is 8.78 Å². The Morgan fingerprint density at radius 1 is 1.11 bits per heavy atom. The highest BCUT2D eigenvalue weighted by Crippen LogP contribution is 2.16. The van der Waals surface area contributed by atoms with Gasteiger partial charge in [0.05, 0.1) is 0 Å². The summed E-state index contributed by atoms with van der Waals surface area (Å²) in [7, 11) is 0. The molecule has 3 N–H and O–H groups in total. The molecule has 0 saturated carbocycles. The van der Waals surface area contributed by atoms with Crippen molar-refractivity contribution in [2.75, 3.05) is 0 Å². The first-order valence-electron chi connectivity index (χ1n) is 5.58. The minimum atomic E-state index is -0.900. The Balaban J connectivity index is 2.06. The average molecular weight is 262 g/mol. The van der Waals surface area contributed by atoms with Crippen LogP contribution in [0.1, 0.15) is 11.1 Å². The number of rotatable bonds is 4. The highest BCUT2D eigenvalue weighted by atomic mass is 19.2. The number of amidine groups is 1. The lowest BCUT2D eigenvalue weighted by Gasteiger charge is -2.08. The average Bonchev–Trinajstić information content (AvgIpc) is 2.41. The molecule has 0 spiro atoms. The Morgan fingerprint density at radius 3 is 2.42 bits per heavy atom. The Hall–Kier alpha value is -2.43. The third kappa shape index (κ3) is 3.07. The normalized spacial score (nSPS) is 10.2. The summed E-state index contributed by atoms with van der Waals surface area (Å²) in [5.41, 5.74) is 6.04. The van der Waals surface area contributed by atoms with E-state index in [-0.39, 0.29) is 18.0 Å². The Bertz CT molecular complexity index is 597. The van der Waals surface area contributed by atoms with Crippen molar-refractivity contribution in [2.24, 2.45) is 5.73 Å². The second-order valence-corrected chi connectivity index (χ2v) is 3.94. The number of ether oxygens (including phenoxy) is 1. The van der Waals surface area contributed by atoms with Gasteiger partial charge < -0.3 is 10.5 Å². The molecule has 2 aromatic rings. The number of halogens is 2. The summed E-state index contributed by atoms with van der Waals surface area (Å²) in [6, 6.07) is 10.4. The fourth-order valence-electron chi connectivity index (χ4n) is 1.55. The quantitative estimate of drug-likeness (QED) is 0.657. The molecule has 0 amide bonds. The second kappa shape index (κ2) is 5.48. The van der Waals surface area contributed by atoms with Crippen LogP contribution in [0.15, 0.2) is 42.5 Å². The van der Waals surface area contributed by atoms with Crippen LogP contribution in [-0.2, 0) is 6.61 Å². The molecular formula is C14H12F2N2O. The van der Waals surface area contributed by atoms with E-state index in [1.54, 1.807) is 24.3 Å². The largest absolute Gasteiger partial charge is 0.489 e. The molecule has 0 radical (unpaired) electrons. The van der Waals surface area contributed by atoms with Gasteiger partial charge in [0.2, 0.25) is 0 Å². The number of hydrogen-bond donors (Lipinski definition) is 2. The Kier molecular flexibility index (Phi) is 3.75. The maximum Gasteiger partial charge on any atom is 0.165 e. The fraction of sp³-hybridized carbons (Fsp3) is 0.0714. The smallest absolute Gasteiger partial charge is 0.165 e. The highest BCUT2D eigenvalue weighted by molar-refractivity contribution is 5.94. The molecule has 3 nitrogen and oxygen atoms in total. The summed E-state index contributed by atoms with van der Waals surface area (Å²) >= 11 is 0. The molecule has 0 atom stereocenters. The van der Waals surface area contributed by atoms with E-state index < -0.39 is 11.6 Å². The van der Waals surface area contributed by atoms with Crippen LogP contribution in [0.5, 0.6) is 5.75 Å². The molecule has 0 saturated heterocycles. The summed E-state index contributed by atoms with van der Waals surface area (Å²) in [5, 5.41) is 7.24. The lowest BCUT2D eigenvalue weighted by atomic mass is 10.2. The number of nitrogen functional groups attached to an aromatic ring is 1. The molecule has 5 heteroatoms. The lowest BCUT2D eigenvalue weighted by molar-refractivity contribution is 0.297. The first-order chi connectivity index (χ1) is 9.08. The van der Waals surface area contributed by atoms with Crippen molar-refractivity contribution in [2.45, 2.75) is 6.61 Å². The molecule has 0 bridgehead atoms. The van der Waals surface area contributed by atoms with Gasteiger partial charge in [0.15, 0.2) is 11.6 Å². The van der Waals surface area contributed by atoms with Crippen LogP contribution in [0.4, 0.5) is 8.78 Å². The van der Waals surface area contributed by atoms with E-state index >= 15 is 0 Å². The van der Waals surface area contributed by atoms with Crippen molar-refractivity contribution in [3.05, 3.63) is 65.2 Å². The van der Waals surface area contributed by atoms with Crippen LogP contribution in [0.2, 0.25) is 0 Å². The van der Waals surface area contributed by atoms with Crippen molar-refractivity contribution in [1.29, 1.82) is 5.41 Å². The van der Waals surface area contributed by atoms with Gasteiger partial charge >= 0.3 is 0 Å². The Labute approximate surface area is 109 Å². The molecular weight excluding hydrogens is 250 g/mol. The molecule has 0 fully saturated rings. The highest BCUT2D eigenvalue weighted by Gasteiger charge is 2.08. The van der Waals surface area contributed by atoms with E-state index in [0.29, 0.717) is 11.3 Å². The first kappa shape index (κ1) is 13.0. The van der Waals surface area contributed by atoms with Crippen molar-refractivity contribution < 1.29 is 13.5 Å². The summed E-state index contributed by atoms with van der Waals surface area (Å²) in [6.45, 7) is -0.0665. The zero-order valence-corrected chi connectivity index (χ0v) is 9.99. The maximum absolute atomic E-state index is 13.4. The molecule has 0 aliphatic heterocycles. The zero-order chi connectivity index (χ0) is 13.8. The monoisotopic (exact) mass is 262 g/mol. The summed E-state index contributed by atoms with van der Waals surface area (Å²) in [5.74, 6) is -1.34. The van der Waals surface area contributed by atoms with Crippen LogP contribution >= 0.6 is 0 Å². The SMILES string of the molecule is N=C(N)c1ccc(OCc2cccc(F)c2F)cc1. The lowest BCUT2D eigenvalue weighted by Crippen LogP contribution is -2.10. The predicted octanol–water partition coefficient (Wildman–Crippen LogP) is 2.83. The van der Waals surface area contributed by atoms with E-state index in [1.165, 1.54) is 12.1 Å². The first-order valence-corrected chi connectivity index (χ1v) is 5.58. The van der Waals surface area contributed by atoms with Crippen LogP contribution < -0.4 is 10.5 Å². The minimum absolute atomic E-state index is 0.0391. The fourth-order valence-corrected chi connectivity index (χ4v) is 1.55. The Morgan fingerprint density at radius 2 is 1.79 bits per heavy atom. The molecule has 0 heterocycles. The van der Waals surface area contributed by atoms with Crippen LogP contribution in [-0.4, -0.2) is 5.84 Å². The van der Waals surface area contributed by atoms with Crippen molar-refractivity contribution in [1.82, 2.24) is 0 Å². The predicted molar refractivity (Wildman–Crippen MR) is 68.1 cm³/mol. The standard InChI is InChI=1S/C14H12F2N2O/c15-12-3-1-2-10(13(12)16)8-19-11-6-4-9(5-7-11)14(17)18/h1-7H,8H2,(H3,17,18). The van der Waals surface area contributed by atoms with E-state index in [1.807, 2.05) is 0 Å². The third-order valence-corrected chi connectivity index (χ3v) is 2.59. The number of nitrogens with two attached hydrogens (primary N) is 1. The van der Waals surface area contributed by atoms with Gasteiger partial charge in [-0.15, -0.1) is 0 Å². The molecule has 0 aliphatic rings. The van der Waals surface area contributed by atoms with Crippen LogP contribution in [0.3, 0.4) is 0 Å². The van der Waals surface area contributed by atoms with E-state index in [0.717, 1.165) is 6.07 Å². The van der Waals surface area contributed by atoms with Gasteiger partial charge in [-0.2, -0.15) is 0 Å². The molecule has 2 rings (SSSR count). The van der Waals surface area contributed by atoms with Gasteiger partial charge in [0, 0.05) is 11.1 Å². The molecule has 2 aromatic carbocycles. The summed E-state index contributed by atoms with van der Waals surface area (Å²) in [4.78, 5) is 0. The van der Waals surface area contributed by atoms with Crippen molar-refractivity contribution in [3.8, 4) is 5.75 Å². The van der Waals surface area contributed by atoms with E-state index in [9.17, 15) is 8.78 Å². The van der Waals surface area contributed by atoms with Gasteiger partial charge in [0.25, 0.3) is 0 Å². The van der Waals surface area contributed by atoms with Crippen molar-refractivity contribution >= 4 is 5.84 Å².